The fourth-order valence-electron chi connectivity index (χ4n) is 4.92. The van der Waals surface area contributed by atoms with Crippen LogP contribution in [0.25, 0.3) is 11.2 Å². The van der Waals surface area contributed by atoms with E-state index in [1.807, 2.05) is 0 Å². The van der Waals surface area contributed by atoms with Gasteiger partial charge in [-0.25, -0.2) is 24.0 Å². The van der Waals surface area contributed by atoms with E-state index in [9.17, 15) is 28.8 Å². The predicted octanol–water partition coefficient (Wildman–Crippen LogP) is 2.32. The summed E-state index contributed by atoms with van der Waals surface area (Å²) in [5.74, 6) is -1.74. The summed E-state index contributed by atoms with van der Waals surface area (Å²) in [5.41, 5.74) is -0.750. The number of imidazole rings is 1. The van der Waals surface area contributed by atoms with Gasteiger partial charge in [0.25, 0.3) is 0 Å². The second-order valence-corrected chi connectivity index (χ2v) is 13.9. The third kappa shape index (κ3) is 8.71. The molecular formula is C30H42FN6O10P. The van der Waals surface area contributed by atoms with Crippen molar-refractivity contribution < 1.29 is 52.0 Å². The van der Waals surface area contributed by atoms with Gasteiger partial charge >= 0.3 is 13.7 Å². The van der Waals surface area contributed by atoms with Crippen molar-refractivity contribution in [1.29, 1.82) is 0 Å². The molecule has 3 heterocycles. The summed E-state index contributed by atoms with van der Waals surface area (Å²) in [5, 5.41) is 27.6. The number of ether oxygens (including phenoxy) is 3. The molecule has 3 aromatic rings. The number of benzene rings is 1. The number of aliphatic hydroxyl groups is 2. The first-order valence-electron chi connectivity index (χ1n) is 15.2. The van der Waals surface area contributed by atoms with Gasteiger partial charge in [-0.3, -0.25) is 23.2 Å². The van der Waals surface area contributed by atoms with Crippen LogP contribution >= 0.6 is 7.75 Å². The average molecular weight is 697 g/mol. The molecule has 18 heteroatoms. The van der Waals surface area contributed by atoms with Crippen LogP contribution in [0.1, 0.15) is 52.2 Å². The Labute approximate surface area is 276 Å². The predicted molar refractivity (Wildman–Crippen MR) is 168 cm³/mol. The van der Waals surface area contributed by atoms with Gasteiger partial charge in [0.1, 0.15) is 42.1 Å². The maximum Gasteiger partial charge on any atom is 0.406 e. The van der Waals surface area contributed by atoms with Gasteiger partial charge in [0.2, 0.25) is 11.8 Å². The van der Waals surface area contributed by atoms with Gasteiger partial charge in [0.05, 0.1) is 26.1 Å². The average Bonchev–Trinajstić information content (AvgIpc) is 3.53. The van der Waals surface area contributed by atoms with E-state index in [2.05, 4.69) is 25.4 Å². The number of carbonyl (C=O) groups is 2. The molecule has 4 N–H and O–H groups in total. The van der Waals surface area contributed by atoms with E-state index in [1.165, 1.54) is 49.2 Å². The molecule has 2 aromatic heterocycles. The number of methoxy groups -OCH3 is 1. The molecule has 1 aliphatic rings. The number of rotatable bonds is 15. The van der Waals surface area contributed by atoms with E-state index in [1.54, 1.807) is 34.6 Å². The van der Waals surface area contributed by atoms with E-state index in [-0.39, 0.29) is 18.1 Å². The van der Waals surface area contributed by atoms with Crippen LogP contribution in [-0.2, 0) is 39.2 Å². The first-order valence-corrected chi connectivity index (χ1v) is 16.8. The van der Waals surface area contributed by atoms with Gasteiger partial charge in [-0.1, -0.05) is 26.0 Å². The highest BCUT2D eigenvalue weighted by Crippen LogP contribution is 2.47. The van der Waals surface area contributed by atoms with E-state index in [0.29, 0.717) is 16.9 Å². The molecule has 0 spiro atoms. The highest BCUT2D eigenvalue weighted by atomic mass is 31.2. The molecule has 1 amide bonds. The van der Waals surface area contributed by atoms with Gasteiger partial charge in [-0.15, -0.1) is 0 Å². The van der Waals surface area contributed by atoms with Gasteiger partial charge in [-0.05, 0) is 51.3 Å². The van der Waals surface area contributed by atoms with Crippen molar-refractivity contribution in [3.05, 3.63) is 47.8 Å². The van der Waals surface area contributed by atoms with Gasteiger partial charge in [0, 0.05) is 6.54 Å². The summed E-state index contributed by atoms with van der Waals surface area (Å²) in [6.45, 7) is 8.33. The molecule has 1 aliphatic heterocycles. The Morgan fingerprint density at radius 1 is 1.17 bits per heavy atom. The third-order valence-corrected chi connectivity index (χ3v) is 9.00. The lowest BCUT2D eigenvalue weighted by Crippen LogP contribution is -2.45. The molecule has 264 valence electrons. The Bertz CT molecular complexity index is 1640. The lowest BCUT2D eigenvalue weighted by molar-refractivity contribution is -0.150. The molecule has 48 heavy (non-hydrogen) atoms. The summed E-state index contributed by atoms with van der Waals surface area (Å²) in [6.07, 6.45) is -3.22. The molecule has 0 radical (unpaired) electrons. The van der Waals surface area contributed by atoms with Crippen molar-refractivity contribution in [2.45, 2.75) is 84.3 Å². The molecule has 1 aromatic carbocycles. The fraction of sp³-hybridized carbons (Fsp3) is 0.567. The number of nitrogens with zero attached hydrogens (tertiary/aromatic N) is 4. The van der Waals surface area contributed by atoms with E-state index in [4.69, 9.17) is 23.3 Å². The number of esters is 1. The minimum atomic E-state index is -4.53. The second-order valence-electron chi connectivity index (χ2n) is 12.1. The Balaban J connectivity index is 1.52. The van der Waals surface area contributed by atoms with Gasteiger partial charge in [-0.2, -0.15) is 4.98 Å². The molecule has 1 fully saturated rings. The summed E-state index contributed by atoms with van der Waals surface area (Å²) in [7, 11) is -3.10. The lowest BCUT2D eigenvalue weighted by atomic mass is 9.96. The summed E-state index contributed by atoms with van der Waals surface area (Å²) in [4.78, 5) is 38.4. The summed E-state index contributed by atoms with van der Waals surface area (Å²) < 4.78 is 56.5. The summed E-state index contributed by atoms with van der Waals surface area (Å²) >= 11 is 0. The molecule has 1 saturated heterocycles. The minimum Gasteiger partial charge on any atom is -0.479 e. The lowest BCUT2D eigenvalue weighted by Gasteiger charge is -2.28. The Morgan fingerprint density at radius 3 is 2.48 bits per heavy atom. The molecule has 0 bridgehead atoms. The zero-order valence-corrected chi connectivity index (χ0v) is 28.6. The minimum absolute atomic E-state index is 0.0359. The van der Waals surface area contributed by atoms with Crippen LogP contribution in [0.5, 0.6) is 5.88 Å². The van der Waals surface area contributed by atoms with Crippen LogP contribution in [0.3, 0.4) is 0 Å². The van der Waals surface area contributed by atoms with Crippen LogP contribution in [-0.4, -0.2) is 91.9 Å². The SMILES string of the molecule is COc1nc(C)nc2c1ncn2[C@@H]1O[C@H](COP(=O)(N[C@H](C(=O)OC(C)C)C(C)C)OCC(=O)NCc2ccc(F)cc2)C(O)[C@]1(C)O. The van der Waals surface area contributed by atoms with Crippen molar-refractivity contribution in [3.8, 4) is 5.88 Å². The number of aliphatic hydroxyl groups excluding tert-OH is 1. The molecule has 2 unspecified atom stereocenters. The fourth-order valence-corrected chi connectivity index (χ4v) is 6.52. The number of aromatic nitrogens is 4. The zero-order chi connectivity index (χ0) is 35.4. The van der Waals surface area contributed by atoms with Crippen LogP contribution in [0.15, 0.2) is 30.6 Å². The number of halogens is 1. The quantitative estimate of drug-likeness (QED) is 0.133. The van der Waals surface area contributed by atoms with E-state index < -0.39 is 80.8 Å². The maximum absolute atomic E-state index is 14.1. The number of fused-ring (bicyclic) bond motifs is 1. The molecule has 0 saturated carbocycles. The van der Waals surface area contributed by atoms with Crippen LogP contribution in [0.2, 0.25) is 0 Å². The number of aryl methyl sites for hydroxylation is 1. The van der Waals surface area contributed by atoms with Crippen molar-refractivity contribution in [1.82, 2.24) is 29.9 Å². The topological polar surface area (TPSA) is 205 Å². The number of carbonyl (C=O) groups excluding carboxylic acids is 2. The standard InChI is InChI=1S/C30H42FN6O10P/c1-16(2)23(28(40)46-17(3)4)36-48(42,45-14-22(38)32-12-19-8-10-20(31)11-9-19)44-13-21-25(39)30(6,41)29(47-21)37-15-33-24-26(37)34-18(5)35-27(24)43-7/h8-11,15-17,21,23,25,29,39,41H,12-14H2,1-7H3,(H,32,38)(H,36,42)/t21-,23+,25?,29-,30+,48?/m1/s1. The monoisotopic (exact) mass is 696 g/mol. The first-order chi connectivity index (χ1) is 22.5. The Hall–Kier alpha value is -3.57. The molecular weight excluding hydrogens is 654 g/mol. The zero-order valence-electron chi connectivity index (χ0n) is 27.7. The largest absolute Gasteiger partial charge is 0.479 e. The Kier molecular flexibility index (Phi) is 11.9. The van der Waals surface area contributed by atoms with Crippen molar-refractivity contribution >= 4 is 30.8 Å². The highest BCUT2D eigenvalue weighted by molar-refractivity contribution is 7.51. The number of hydrogen-bond donors (Lipinski definition) is 4. The molecule has 6 atom stereocenters. The van der Waals surface area contributed by atoms with Gasteiger partial charge in [0.15, 0.2) is 17.4 Å². The number of nitrogens with one attached hydrogen (secondary N) is 2. The Morgan fingerprint density at radius 2 is 1.85 bits per heavy atom. The van der Waals surface area contributed by atoms with Crippen molar-refractivity contribution in [2.75, 3.05) is 20.3 Å². The molecule has 16 nitrogen and oxygen atoms in total. The number of amides is 1. The van der Waals surface area contributed by atoms with Gasteiger partial charge < -0.3 is 29.7 Å². The maximum atomic E-state index is 14.1. The second kappa shape index (κ2) is 15.3. The van der Waals surface area contributed by atoms with Crippen LogP contribution < -0.4 is 15.1 Å². The molecule has 0 aliphatic carbocycles. The smallest absolute Gasteiger partial charge is 0.406 e. The summed E-state index contributed by atoms with van der Waals surface area (Å²) in [6, 6.07) is 4.29. The van der Waals surface area contributed by atoms with Crippen molar-refractivity contribution in [2.24, 2.45) is 5.92 Å². The van der Waals surface area contributed by atoms with Crippen LogP contribution in [0, 0.1) is 18.7 Å². The van der Waals surface area contributed by atoms with Crippen molar-refractivity contribution in [3.63, 3.8) is 0 Å². The third-order valence-electron chi connectivity index (χ3n) is 7.45. The van der Waals surface area contributed by atoms with E-state index >= 15 is 0 Å². The normalized spacial score (nSPS) is 23.0. The molecule has 4 rings (SSSR count). The van der Waals surface area contributed by atoms with E-state index in [0.717, 1.165) is 0 Å². The highest BCUT2D eigenvalue weighted by Gasteiger charge is 2.54. The first kappa shape index (κ1) is 37.3. The van der Waals surface area contributed by atoms with Crippen LogP contribution in [0.4, 0.5) is 4.39 Å². The number of hydrogen-bond acceptors (Lipinski definition) is 13.